The topological polar surface area (TPSA) is 78.0 Å². The smallest absolute Gasteiger partial charge is 0.195 e. The first kappa shape index (κ1) is 10.6. The van der Waals surface area contributed by atoms with Crippen molar-refractivity contribution in [1.82, 2.24) is 14.9 Å². The van der Waals surface area contributed by atoms with E-state index >= 15 is 0 Å². The lowest BCUT2D eigenvalue weighted by Crippen LogP contribution is -2.26. The highest BCUT2D eigenvalue weighted by Gasteiger charge is 2.10. The second-order valence-corrected chi connectivity index (χ2v) is 4.14. The number of rotatable bonds is 1. The molecular weight excluding hydrogens is 228 g/mol. The van der Waals surface area contributed by atoms with E-state index in [2.05, 4.69) is 26.7 Å². The van der Waals surface area contributed by atoms with E-state index in [1.165, 1.54) is 0 Å². The van der Waals surface area contributed by atoms with Crippen molar-refractivity contribution in [2.45, 2.75) is 0 Å². The Morgan fingerprint density at radius 1 is 1.50 bits per heavy atom. The van der Waals surface area contributed by atoms with Crippen LogP contribution in [0.25, 0.3) is 11.0 Å². The fourth-order valence-electron chi connectivity index (χ4n) is 2.07. The summed E-state index contributed by atoms with van der Waals surface area (Å²) in [6, 6.07) is 5.93. The summed E-state index contributed by atoms with van der Waals surface area (Å²) < 4.78 is 1.85. The Bertz CT molecular complexity index is 676. The molecule has 6 heteroatoms. The molecule has 2 heterocycles. The first-order chi connectivity index (χ1) is 8.78. The number of aliphatic imine (C=N–C) groups is 1. The molecule has 0 aliphatic carbocycles. The van der Waals surface area contributed by atoms with Crippen LogP contribution < -0.4 is 10.6 Å². The SMILES string of the molecule is Cn1cnc2cc(NC3=NCCN3)cc(C#N)c21. The predicted octanol–water partition coefficient (Wildman–Crippen LogP) is 0.816. The third-order valence-corrected chi connectivity index (χ3v) is 2.87. The van der Waals surface area contributed by atoms with Gasteiger partial charge in [0, 0.05) is 19.3 Å². The summed E-state index contributed by atoms with van der Waals surface area (Å²) in [6.45, 7) is 1.62. The number of anilines is 1. The van der Waals surface area contributed by atoms with Crippen molar-refractivity contribution >= 4 is 22.7 Å². The number of imidazole rings is 1. The lowest BCUT2D eigenvalue weighted by atomic mass is 10.1. The third-order valence-electron chi connectivity index (χ3n) is 2.87. The minimum absolute atomic E-state index is 0.605. The predicted molar refractivity (Wildman–Crippen MR) is 69.4 cm³/mol. The summed E-state index contributed by atoms with van der Waals surface area (Å²) in [5.74, 6) is 0.745. The van der Waals surface area contributed by atoms with Crippen LogP contribution in [0.2, 0.25) is 0 Å². The summed E-state index contributed by atoms with van der Waals surface area (Å²) in [7, 11) is 1.88. The maximum atomic E-state index is 9.20. The van der Waals surface area contributed by atoms with E-state index in [9.17, 15) is 5.26 Å². The molecule has 0 atom stereocenters. The van der Waals surface area contributed by atoms with Crippen molar-refractivity contribution < 1.29 is 0 Å². The molecule has 0 radical (unpaired) electrons. The highest BCUT2D eigenvalue weighted by molar-refractivity contribution is 5.97. The molecular formula is C12H12N6. The van der Waals surface area contributed by atoms with E-state index in [1.807, 2.05) is 23.7 Å². The molecule has 1 aromatic carbocycles. The number of benzene rings is 1. The third kappa shape index (κ3) is 1.66. The molecule has 1 aliphatic heterocycles. The van der Waals surface area contributed by atoms with Crippen molar-refractivity contribution in [3.05, 3.63) is 24.0 Å². The monoisotopic (exact) mass is 240 g/mol. The molecule has 0 fully saturated rings. The van der Waals surface area contributed by atoms with Crippen LogP contribution >= 0.6 is 0 Å². The number of hydrogen-bond acceptors (Lipinski definition) is 5. The van der Waals surface area contributed by atoms with Crippen LogP contribution in [0, 0.1) is 11.3 Å². The number of guanidine groups is 1. The second-order valence-electron chi connectivity index (χ2n) is 4.14. The van der Waals surface area contributed by atoms with E-state index in [0.717, 1.165) is 35.8 Å². The lowest BCUT2D eigenvalue weighted by Gasteiger charge is -2.07. The molecule has 0 amide bonds. The second kappa shape index (κ2) is 4.04. The van der Waals surface area contributed by atoms with Gasteiger partial charge in [0.15, 0.2) is 5.96 Å². The summed E-state index contributed by atoms with van der Waals surface area (Å²) in [6.07, 6.45) is 1.71. The van der Waals surface area contributed by atoms with Gasteiger partial charge in [0.1, 0.15) is 6.07 Å². The molecule has 0 saturated carbocycles. The van der Waals surface area contributed by atoms with Crippen molar-refractivity contribution in [2.24, 2.45) is 12.0 Å². The Morgan fingerprint density at radius 3 is 3.11 bits per heavy atom. The number of aryl methyl sites for hydroxylation is 1. The van der Waals surface area contributed by atoms with Crippen LogP contribution in [-0.2, 0) is 7.05 Å². The van der Waals surface area contributed by atoms with E-state index in [0.29, 0.717) is 5.56 Å². The summed E-state index contributed by atoms with van der Waals surface area (Å²) in [5, 5.41) is 15.5. The zero-order valence-corrected chi connectivity index (χ0v) is 9.94. The molecule has 0 unspecified atom stereocenters. The van der Waals surface area contributed by atoms with Crippen molar-refractivity contribution in [2.75, 3.05) is 18.4 Å². The van der Waals surface area contributed by atoms with Gasteiger partial charge in [-0.3, -0.25) is 4.99 Å². The molecule has 2 N–H and O–H groups in total. The average Bonchev–Trinajstić information content (AvgIpc) is 2.99. The quantitative estimate of drug-likeness (QED) is 0.773. The van der Waals surface area contributed by atoms with E-state index < -0.39 is 0 Å². The van der Waals surface area contributed by atoms with Crippen LogP contribution in [0.5, 0.6) is 0 Å². The summed E-state index contributed by atoms with van der Waals surface area (Å²) >= 11 is 0. The maximum Gasteiger partial charge on any atom is 0.195 e. The van der Waals surface area contributed by atoms with Gasteiger partial charge in [0.2, 0.25) is 0 Å². The Kier molecular flexibility index (Phi) is 2.38. The molecule has 6 nitrogen and oxygen atoms in total. The molecule has 90 valence electrons. The minimum atomic E-state index is 0.605. The van der Waals surface area contributed by atoms with Crippen LogP contribution in [-0.4, -0.2) is 28.6 Å². The van der Waals surface area contributed by atoms with Crippen molar-refractivity contribution in [3.8, 4) is 6.07 Å². The van der Waals surface area contributed by atoms with Gasteiger partial charge in [0.25, 0.3) is 0 Å². The van der Waals surface area contributed by atoms with Gasteiger partial charge in [-0.1, -0.05) is 0 Å². The molecule has 3 rings (SSSR count). The number of nitriles is 1. The molecule has 1 aromatic heterocycles. The largest absolute Gasteiger partial charge is 0.354 e. The van der Waals surface area contributed by atoms with E-state index in [-0.39, 0.29) is 0 Å². The van der Waals surface area contributed by atoms with Crippen LogP contribution in [0.3, 0.4) is 0 Å². The fourth-order valence-corrected chi connectivity index (χ4v) is 2.07. The number of fused-ring (bicyclic) bond motifs is 1. The Labute approximate surface area is 104 Å². The molecule has 18 heavy (non-hydrogen) atoms. The minimum Gasteiger partial charge on any atom is -0.354 e. The van der Waals surface area contributed by atoms with Crippen LogP contribution in [0.4, 0.5) is 5.69 Å². The lowest BCUT2D eigenvalue weighted by molar-refractivity contribution is 0.946. The summed E-state index contributed by atoms with van der Waals surface area (Å²) in [4.78, 5) is 8.53. The Hall–Kier alpha value is -2.55. The van der Waals surface area contributed by atoms with Crippen LogP contribution in [0.15, 0.2) is 23.5 Å². The highest BCUT2D eigenvalue weighted by atomic mass is 15.2. The molecule has 0 spiro atoms. The number of nitrogens with one attached hydrogen (secondary N) is 2. The molecule has 0 bridgehead atoms. The standard InChI is InChI=1S/C12H12N6/c1-18-7-16-10-5-9(4-8(6-13)11(10)18)17-12-14-2-3-15-12/h4-5,7H,2-3H2,1H3,(H2,14,15,17). The fraction of sp³-hybridized carbons (Fsp3) is 0.250. The zero-order chi connectivity index (χ0) is 12.5. The number of aromatic nitrogens is 2. The number of nitrogens with zero attached hydrogens (tertiary/aromatic N) is 4. The highest BCUT2D eigenvalue weighted by Crippen LogP contribution is 2.22. The first-order valence-electron chi connectivity index (χ1n) is 5.68. The van der Waals surface area contributed by atoms with E-state index in [1.54, 1.807) is 6.33 Å². The zero-order valence-electron chi connectivity index (χ0n) is 9.94. The molecule has 2 aromatic rings. The average molecular weight is 240 g/mol. The first-order valence-corrected chi connectivity index (χ1v) is 5.68. The molecule has 0 saturated heterocycles. The van der Waals surface area contributed by atoms with Gasteiger partial charge in [-0.2, -0.15) is 5.26 Å². The van der Waals surface area contributed by atoms with Gasteiger partial charge in [-0.15, -0.1) is 0 Å². The van der Waals surface area contributed by atoms with Gasteiger partial charge in [-0.25, -0.2) is 4.98 Å². The van der Waals surface area contributed by atoms with Crippen LogP contribution in [0.1, 0.15) is 5.56 Å². The Balaban J connectivity index is 2.06. The van der Waals surface area contributed by atoms with Gasteiger partial charge in [0.05, 0.1) is 29.5 Å². The van der Waals surface area contributed by atoms with Crippen molar-refractivity contribution in [1.29, 1.82) is 5.26 Å². The normalized spacial score (nSPS) is 14.1. The van der Waals surface area contributed by atoms with E-state index in [4.69, 9.17) is 0 Å². The van der Waals surface area contributed by atoms with Gasteiger partial charge >= 0.3 is 0 Å². The van der Waals surface area contributed by atoms with Gasteiger partial charge in [-0.05, 0) is 12.1 Å². The molecule has 1 aliphatic rings. The Morgan fingerprint density at radius 2 is 2.39 bits per heavy atom. The summed E-state index contributed by atoms with van der Waals surface area (Å²) in [5.41, 5.74) is 3.08. The van der Waals surface area contributed by atoms with Gasteiger partial charge < -0.3 is 15.2 Å². The van der Waals surface area contributed by atoms with Crippen molar-refractivity contribution in [3.63, 3.8) is 0 Å². The maximum absolute atomic E-state index is 9.20. The number of hydrogen-bond donors (Lipinski definition) is 2.